The first-order valence-corrected chi connectivity index (χ1v) is 8.77. The molecule has 142 valence electrons. The average Bonchev–Trinajstić information content (AvgIpc) is 2.70. The molecule has 2 aromatic carbocycles. The minimum Gasteiger partial charge on any atom is -0.497 e. The number of nitrogens with zero attached hydrogens (tertiary/aromatic N) is 2. The van der Waals surface area contributed by atoms with Crippen LogP contribution in [0, 0.1) is 0 Å². The molecule has 5 nitrogen and oxygen atoms in total. The summed E-state index contributed by atoms with van der Waals surface area (Å²) in [6, 6.07) is 18.4. The fourth-order valence-corrected chi connectivity index (χ4v) is 2.69. The first-order chi connectivity index (χ1) is 12.8. The molecule has 0 radical (unpaired) electrons. The van der Waals surface area contributed by atoms with Crippen molar-refractivity contribution in [2.45, 2.75) is 20.0 Å². The molecule has 1 heterocycles. The number of nitrogens with one attached hydrogen (secondary N) is 2. The molecule has 6 heteroatoms. The summed E-state index contributed by atoms with van der Waals surface area (Å²) in [5.41, 5.74) is 2.15. The van der Waals surface area contributed by atoms with Crippen LogP contribution in [0.3, 0.4) is 0 Å². The molecule has 3 aromatic rings. The van der Waals surface area contributed by atoms with E-state index in [1.54, 1.807) is 13.3 Å². The Morgan fingerprint density at radius 2 is 1.85 bits per heavy atom. The number of fused-ring (bicyclic) bond motifs is 1. The maximum absolute atomic E-state index is 5.28. The molecule has 3 rings (SSSR count). The van der Waals surface area contributed by atoms with Crippen molar-refractivity contribution in [2.24, 2.45) is 4.99 Å². The number of guanidine groups is 1. The van der Waals surface area contributed by atoms with E-state index in [1.165, 1.54) is 5.39 Å². The maximum Gasteiger partial charge on any atom is 0.191 e. The number of hydrogen-bond acceptors (Lipinski definition) is 3. The summed E-state index contributed by atoms with van der Waals surface area (Å²) in [4.78, 5) is 9.00. The SMILES string of the molecule is CCNC(=NCc1ccc2cc(OC)ccc2c1)NCc1ccccn1.I. The lowest BCUT2D eigenvalue weighted by atomic mass is 10.1. The Kier molecular flexibility index (Phi) is 8.32. The van der Waals surface area contributed by atoms with Gasteiger partial charge in [0.15, 0.2) is 5.96 Å². The van der Waals surface area contributed by atoms with Gasteiger partial charge in [-0.2, -0.15) is 0 Å². The molecular weight excluding hydrogens is 451 g/mol. The van der Waals surface area contributed by atoms with Gasteiger partial charge in [-0.1, -0.05) is 24.3 Å². The Morgan fingerprint density at radius 3 is 2.59 bits per heavy atom. The highest BCUT2D eigenvalue weighted by Gasteiger charge is 2.01. The van der Waals surface area contributed by atoms with Crippen molar-refractivity contribution in [1.29, 1.82) is 0 Å². The van der Waals surface area contributed by atoms with Crippen molar-refractivity contribution in [3.8, 4) is 5.75 Å². The van der Waals surface area contributed by atoms with Crippen molar-refractivity contribution in [3.05, 3.63) is 72.1 Å². The van der Waals surface area contributed by atoms with E-state index in [1.807, 2.05) is 30.3 Å². The van der Waals surface area contributed by atoms with Gasteiger partial charge in [0.2, 0.25) is 0 Å². The molecule has 0 saturated heterocycles. The van der Waals surface area contributed by atoms with Crippen LogP contribution in [0.5, 0.6) is 5.75 Å². The number of halogens is 1. The molecular formula is C21H25IN4O. The van der Waals surface area contributed by atoms with E-state index in [-0.39, 0.29) is 24.0 Å². The second-order valence-electron chi connectivity index (χ2n) is 5.92. The summed E-state index contributed by atoms with van der Waals surface area (Å²) in [6.07, 6.45) is 1.80. The fraction of sp³-hybridized carbons (Fsp3) is 0.238. The van der Waals surface area contributed by atoms with Gasteiger partial charge >= 0.3 is 0 Å². The fourth-order valence-electron chi connectivity index (χ4n) is 2.69. The molecule has 27 heavy (non-hydrogen) atoms. The summed E-state index contributed by atoms with van der Waals surface area (Å²) >= 11 is 0. The van der Waals surface area contributed by atoms with E-state index >= 15 is 0 Å². The molecule has 0 amide bonds. The van der Waals surface area contributed by atoms with Gasteiger partial charge in [-0.05, 0) is 53.6 Å². The standard InChI is InChI=1S/C21H24N4O.HI/c1-3-22-21(25-15-19-6-4-5-11-23-19)24-14-16-7-8-18-13-20(26-2)10-9-17(18)12-16;/h4-13H,3,14-15H2,1-2H3,(H2,22,24,25);1H. The number of methoxy groups -OCH3 is 1. The van der Waals surface area contributed by atoms with Gasteiger partial charge in [-0.15, -0.1) is 24.0 Å². The number of aromatic nitrogens is 1. The highest BCUT2D eigenvalue weighted by Crippen LogP contribution is 2.22. The Labute approximate surface area is 177 Å². The zero-order chi connectivity index (χ0) is 18.2. The second kappa shape index (κ2) is 10.7. The normalized spacial score (nSPS) is 11.0. The van der Waals surface area contributed by atoms with E-state index in [0.717, 1.165) is 34.9 Å². The summed E-state index contributed by atoms with van der Waals surface area (Å²) in [5.74, 6) is 1.66. The number of benzene rings is 2. The van der Waals surface area contributed by atoms with Crippen LogP contribution >= 0.6 is 24.0 Å². The van der Waals surface area contributed by atoms with Crippen molar-refractivity contribution in [1.82, 2.24) is 15.6 Å². The summed E-state index contributed by atoms with van der Waals surface area (Å²) in [6.45, 7) is 4.12. The van der Waals surface area contributed by atoms with Crippen LogP contribution in [-0.4, -0.2) is 24.6 Å². The summed E-state index contributed by atoms with van der Waals surface area (Å²) in [7, 11) is 1.68. The van der Waals surface area contributed by atoms with Gasteiger partial charge in [-0.25, -0.2) is 4.99 Å². The highest BCUT2D eigenvalue weighted by molar-refractivity contribution is 14.0. The van der Waals surface area contributed by atoms with Gasteiger partial charge in [0.05, 0.1) is 25.9 Å². The van der Waals surface area contributed by atoms with Crippen LogP contribution in [-0.2, 0) is 13.1 Å². The predicted octanol–water partition coefficient (Wildman–Crippen LogP) is 4.12. The first kappa shape index (κ1) is 21.0. The number of aliphatic imine (C=N–C) groups is 1. The van der Waals surface area contributed by atoms with Gasteiger partial charge in [0.25, 0.3) is 0 Å². The lowest BCUT2D eigenvalue weighted by Gasteiger charge is -2.11. The molecule has 0 fully saturated rings. The smallest absolute Gasteiger partial charge is 0.191 e. The van der Waals surface area contributed by atoms with E-state index < -0.39 is 0 Å². The van der Waals surface area contributed by atoms with Gasteiger partial charge < -0.3 is 15.4 Å². The topological polar surface area (TPSA) is 58.5 Å². The Bertz CT molecular complexity index is 884. The molecule has 0 bridgehead atoms. The number of hydrogen-bond donors (Lipinski definition) is 2. The van der Waals surface area contributed by atoms with Crippen molar-refractivity contribution < 1.29 is 4.74 Å². The number of ether oxygens (including phenoxy) is 1. The molecule has 0 aliphatic carbocycles. The minimum absolute atomic E-state index is 0. The molecule has 0 atom stereocenters. The van der Waals surface area contributed by atoms with Crippen LogP contribution in [0.4, 0.5) is 0 Å². The van der Waals surface area contributed by atoms with Crippen molar-refractivity contribution >= 4 is 40.7 Å². The van der Waals surface area contributed by atoms with Crippen LogP contribution in [0.1, 0.15) is 18.2 Å². The third-order valence-electron chi connectivity index (χ3n) is 4.04. The Hall–Kier alpha value is -2.35. The van der Waals surface area contributed by atoms with Gasteiger partial charge in [-0.3, -0.25) is 4.98 Å². The lowest BCUT2D eigenvalue weighted by molar-refractivity contribution is 0.415. The Balaban J connectivity index is 0.00000261. The van der Waals surface area contributed by atoms with Crippen LogP contribution in [0.15, 0.2) is 65.8 Å². The monoisotopic (exact) mass is 476 g/mol. The quantitative estimate of drug-likeness (QED) is 0.320. The zero-order valence-electron chi connectivity index (χ0n) is 15.6. The van der Waals surface area contributed by atoms with Crippen LogP contribution in [0.25, 0.3) is 10.8 Å². The van der Waals surface area contributed by atoms with E-state index in [9.17, 15) is 0 Å². The van der Waals surface area contributed by atoms with Gasteiger partial charge in [0, 0.05) is 12.7 Å². The average molecular weight is 476 g/mol. The predicted molar refractivity (Wildman–Crippen MR) is 122 cm³/mol. The number of pyridine rings is 1. The summed E-state index contributed by atoms with van der Waals surface area (Å²) < 4.78 is 5.28. The molecule has 0 aliphatic heterocycles. The molecule has 0 saturated carbocycles. The lowest BCUT2D eigenvalue weighted by Crippen LogP contribution is -2.36. The van der Waals surface area contributed by atoms with E-state index in [4.69, 9.17) is 4.74 Å². The third-order valence-corrected chi connectivity index (χ3v) is 4.04. The summed E-state index contributed by atoms with van der Waals surface area (Å²) in [5, 5.41) is 8.94. The zero-order valence-corrected chi connectivity index (χ0v) is 17.9. The van der Waals surface area contributed by atoms with Crippen molar-refractivity contribution in [2.75, 3.05) is 13.7 Å². The van der Waals surface area contributed by atoms with Crippen molar-refractivity contribution in [3.63, 3.8) is 0 Å². The molecule has 1 aromatic heterocycles. The maximum atomic E-state index is 5.28. The molecule has 0 spiro atoms. The van der Waals surface area contributed by atoms with E-state index in [2.05, 4.69) is 51.8 Å². The highest BCUT2D eigenvalue weighted by atomic mass is 127. The Morgan fingerprint density at radius 1 is 1.04 bits per heavy atom. The largest absolute Gasteiger partial charge is 0.497 e. The minimum atomic E-state index is 0. The third kappa shape index (κ3) is 6.09. The molecule has 2 N–H and O–H groups in total. The van der Waals surface area contributed by atoms with Gasteiger partial charge in [0.1, 0.15) is 5.75 Å². The number of rotatable bonds is 6. The molecule has 0 unspecified atom stereocenters. The van der Waals surface area contributed by atoms with Crippen LogP contribution in [0.2, 0.25) is 0 Å². The second-order valence-corrected chi connectivity index (χ2v) is 5.92. The first-order valence-electron chi connectivity index (χ1n) is 8.77. The van der Waals surface area contributed by atoms with E-state index in [0.29, 0.717) is 13.1 Å². The van der Waals surface area contributed by atoms with Crippen LogP contribution < -0.4 is 15.4 Å². The molecule has 0 aliphatic rings.